The summed E-state index contributed by atoms with van der Waals surface area (Å²) in [6.07, 6.45) is 0.793. The molecule has 0 atom stereocenters. The molecule has 0 amide bonds. The van der Waals surface area contributed by atoms with Crippen molar-refractivity contribution in [2.45, 2.75) is 6.42 Å². The van der Waals surface area contributed by atoms with Crippen LogP contribution in [0, 0.1) is 10.1 Å². The molecule has 0 saturated heterocycles. The standard InChI is InChI=1S/C12H10Cl2N2O2S/c13-9-5-11(12(16(17)18)6-10(9)14)15-3-1-8-2-4-19-7-8/h2,4-7,15H,1,3H2. The van der Waals surface area contributed by atoms with Gasteiger partial charge in [0.15, 0.2) is 0 Å². The van der Waals surface area contributed by atoms with Crippen LogP contribution >= 0.6 is 34.5 Å². The van der Waals surface area contributed by atoms with E-state index in [1.54, 1.807) is 11.3 Å². The lowest BCUT2D eigenvalue weighted by molar-refractivity contribution is -0.383. The van der Waals surface area contributed by atoms with Crippen molar-refractivity contribution in [3.05, 3.63) is 54.7 Å². The van der Waals surface area contributed by atoms with Gasteiger partial charge in [0, 0.05) is 12.6 Å². The van der Waals surface area contributed by atoms with Gasteiger partial charge in [-0.1, -0.05) is 23.2 Å². The number of nitro groups is 1. The number of hydrogen-bond acceptors (Lipinski definition) is 4. The van der Waals surface area contributed by atoms with Gasteiger partial charge in [0.25, 0.3) is 5.69 Å². The van der Waals surface area contributed by atoms with Crippen LogP contribution in [0.3, 0.4) is 0 Å². The van der Waals surface area contributed by atoms with Crippen LogP contribution in [0.5, 0.6) is 0 Å². The molecule has 1 aromatic heterocycles. The molecule has 0 fully saturated rings. The zero-order valence-electron chi connectivity index (χ0n) is 9.73. The minimum atomic E-state index is -0.477. The predicted octanol–water partition coefficient (Wildman–Crippen LogP) is 4.62. The van der Waals surface area contributed by atoms with Gasteiger partial charge in [0.2, 0.25) is 0 Å². The Labute approximate surface area is 124 Å². The van der Waals surface area contributed by atoms with Gasteiger partial charge in [0.1, 0.15) is 5.69 Å². The molecule has 100 valence electrons. The Morgan fingerprint density at radius 2 is 2.05 bits per heavy atom. The molecule has 0 unspecified atom stereocenters. The zero-order chi connectivity index (χ0) is 13.8. The van der Waals surface area contributed by atoms with Gasteiger partial charge >= 0.3 is 0 Å². The highest BCUT2D eigenvalue weighted by atomic mass is 35.5. The van der Waals surface area contributed by atoms with Crippen molar-refractivity contribution in [3.63, 3.8) is 0 Å². The van der Waals surface area contributed by atoms with Gasteiger partial charge in [-0.2, -0.15) is 11.3 Å². The maximum atomic E-state index is 10.9. The van der Waals surface area contributed by atoms with Crippen LogP contribution in [-0.2, 0) is 6.42 Å². The Morgan fingerprint density at radius 3 is 2.68 bits per heavy atom. The van der Waals surface area contributed by atoms with Gasteiger partial charge in [-0.05, 0) is 34.9 Å². The summed E-state index contributed by atoms with van der Waals surface area (Å²) in [5, 5.41) is 18.5. The summed E-state index contributed by atoms with van der Waals surface area (Å²) in [5.41, 5.74) is 1.51. The van der Waals surface area contributed by atoms with E-state index in [4.69, 9.17) is 23.2 Å². The third-order valence-electron chi connectivity index (χ3n) is 2.54. The van der Waals surface area contributed by atoms with Crippen molar-refractivity contribution in [3.8, 4) is 0 Å². The Balaban J connectivity index is 2.10. The molecule has 1 heterocycles. The topological polar surface area (TPSA) is 55.2 Å². The van der Waals surface area contributed by atoms with Crippen LogP contribution in [0.25, 0.3) is 0 Å². The lowest BCUT2D eigenvalue weighted by Gasteiger charge is -2.08. The highest BCUT2D eigenvalue weighted by Crippen LogP contribution is 2.33. The number of rotatable bonds is 5. The SMILES string of the molecule is O=[N+]([O-])c1cc(Cl)c(Cl)cc1NCCc1ccsc1. The molecular formula is C12H10Cl2N2O2S. The molecule has 0 radical (unpaired) electrons. The van der Waals surface area contributed by atoms with Crippen LogP contribution in [0.2, 0.25) is 10.0 Å². The minimum Gasteiger partial charge on any atom is -0.379 e. The smallest absolute Gasteiger partial charge is 0.293 e. The van der Waals surface area contributed by atoms with Crippen molar-refractivity contribution in [2.75, 3.05) is 11.9 Å². The fourth-order valence-corrected chi connectivity index (χ4v) is 2.63. The second-order valence-electron chi connectivity index (χ2n) is 3.85. The monoisotopic (exact) mass is 316 g/mol. The predicted molar refractivity (Wildman–Crippen MR) is 79.6 cm³/mol. The van der Waals surface area contributed by atoms with E-state index in [1.165, 1.54) is 17.7 Å². The second kappa shape index (κ2) is 6.23. The van der Waals surface area contributed by atoms with Gasteiger partial charge < -0.3 is 5.32 Å². The van der Waals surface area contributed by atoms with E-state index < -0.39 is 4.92 Å². The number of nitro benzene ring substituents is 1. The number of nitrogens with zero attached hydrogens (tertiary/aromatic N) is 1. The number of nitrogens with one attached hydrogen (secondary N) is 1. The van der Waals surface area contributed by atoms with Crippen LogP contribution in [-0.4, -0.2) is 11.5 Å². The van der Waals surface area contributed by atoms with E-state index in [1.807, 2.05) is 16.8 Å². The summed E-state index contributed by atoms with van der Waals surface area (Å²) >= 11 is 13.3. The van der Waals surface area contributed by atoms with Crippen LogP contribution in [0.15, 0.2) is 29.0 Å². The minimum absolute atomic E-state index is 0.0697. The van der Waals surface area contributed by atoms with Crippen LogP contribution < -0.4 is 5.32 Å². The summed E-state index contributed by atoms with van der Waals surface area (Å²) in [6, 6.07) is 4.77. The molecule has 0 aliphatic heterocycles. The summed E-state index contributed by atoms with van der Waals surface area (Å²) in [5.74, 6) is 0. The number of hydrogen-bond donors (Lipinski definition) is 1. The first-order valence-corrected chi connectivity index (χ1v) is 7.16. The first-order chi connectivity index (χ1) is 9.08. The summed E-state index contributed by atoms with van der Waals surface area (Å²) in [7, 11) is 0. The first-order valence-electron chi connectivity index (χ1n) is 5.46. The van der Waals surface area contributed by atoms with E-state index in [0.29, 0.717) is 17.3 Å². The molecular weight excluding hydrogens is 307 g/mol. The maximum absolute atomic E-state index is 10.9. The lowest BCUT2D eigenvalue weighted by Crippen LogP contribution is -2.06. The molecule has 1 aromatic carbocycles. The number of anilines is 1. The number of halogens is 2. The van der Waals surface area contributed by atoms with Crippen molar-refractivity contribution in [2.24, 2.45) is 0 Å². The molecule has 0 bridgehead atoms. The first kappa shape index (κ1) is 14.1. The molecule has 7 heteroatoms. The van der Waals surface area contributed by atoms with Gasteiger partial charge in [-0.15, -0.1) is 0 Å². The molecule has 0 aliphatic rings. The Kier molecular flexibility index (Phi) is 4.63. The summed E-state index contributed by atoms with van der Waals surface area (Å²) < 4.78 is 0. The lowest BCUT2D eigenvalue weighted by atomic mass is 10.2. The van der Waals surface area contributed by atoms with E-state index in [9.17, 15) is 10.1 Å². The van der Waals surface area contributed by atoms with Gasteiger partial charge in [0.05, 0.1) is 15.0 Å². The molecule has 1 N–H and O–H groups in total. The van der Waals surface area contributed by atoms with Gasteiger partial charge in [-0.3, -0.25) is 10.1 Å². The fraction of sp³-hybridized carbons (Fsp3) is 0.167. The van der Waals surface area contributed by atoms with Crippen LogP contribution in [0.4, 0.5) is 11.4 Å². The molecule has 0 saturated carbocycles. The number of thiophene rings is 1. The quantitative estimate of drug-likeness (QED) is 0.647. The Hall–Kier alpha value is -1.30. The normalized spacial score (nSPS) is 10.4. The van der Waals surface area contributed by atoms with Crippen molar-refractivity contribution in [1.29, 1.82) is 0 Å². The average Bonchev–Trinajstić information content (AvgIpc) is 2.86. The third-order valence-corrected chi connectivity index (χ3v) is 4.00. The molecule has 2 aromatic rings. The highest BCUT2D eigenvalue weighted by Gasteiger charge is 2.16. The van der Waals surface area contributed by atoms with E-state index in [2.05, 4.69) is 5.32 Å². The summed E-state index contributed by atoms with van der Waals surface area (Å²) in [4.78, 5) is 10.5. The highest BCUT2D eigenvalue weighted by molar-refractivity contribution is 7.07. The molecule has 0 spiro atoms. The largest absolute Gasteiger partial charge is 0.379 e. The number of benzene rings is 1. The molecule has 2 rings (SSSR count). The van der Waals surface area contributed by atoms with E-state index in [0.717, 1.165) is 6.42 Å². The van der Waals surface area contributed by atoms with Gasteiger partial charge in [-0.25, -0.2) is 0 Å². The fourth-order valence-electron chi connectivity index (χ4n) is 1.61. The Bertz CT molecular complexity index is 588. The van der Waals surface area contributed by atoms with Crippen molar-refractivity contribution < 1.29 is 4.92 Å². The molecule has 19 heavy (non-hydrogen) atoms. The maximum Gasteiger partial charge on any atom is 0.293 e. The Morgan fingerprint density at radius 1 is 1.32 bits per heavy atom. The molecule has 4 nitrogen and oxygen atoms in total. The van der Waals surface area contributed by atoms with Crippen molar-refractivity contribution >= 4 is 45.9 Å². The molecule has 0 aliphatic carbocycles. The van der Waals surface area contributed by atoms with Crippen LogP contribution in [0.1, 0.15) is 5.56 Å². The average molecular weight is 317 g/mol. The van der Waals surface area contributed by atoms with Crippen molar-refractivity contribution in [1.82, 2.24) is 0 Å². The summed E-state index contributed by atoms with van der Waals surface area (Å²) in [6.45, 7) is 0.593. The third kappa shape index (κ3) is 3.59. The second-order valence-corrected chi connectivity index (χ2v) is 5.44. The van der Waals surface area contributed by atoms with E-state index in [-0.39, 0.29) is 10.7 Å². The van der Waals surface area contributed by atoms with E-state index >= 15 is 0 Å². The zero-order valence-corrected chi connectivity index (χ0v) is 12.1.